The van der Waals surface area contributed by atoms with Gasteiger partial charge in [0, 0.05) is 15.9 Å². The molecule has 0 fully saturated rings. The average Bonchev–Trinajstić information content (AvgIpc) is 2.88. The Balaban J connectivity index is 1.93. The van der Waals surface area contributed by atoms with E-state index in [0.717, 1.165) is 27.1 Å². The van der Waals surface area contributed by atoms with Crippen LogP contribution in [0.5, 0.6) is 0 Å². The van der Waals surface area contributed by atoms with Gasteiger partial charge in [-0.15, -0.1) is 0 Å². The van der Waals surface area contributed by atoms with Crippen molar-refractivity contribution in [3.05, 3.63) is 83.2 Å². The maximum absolute atomic E-state index is 14.0. The molecule has 22 heavy (non-hydrogen) atoms. The minimum Gasteiger partial charge on any atom is -0.309 e. The molecule has 2 heteroatoms. The van der Waals surface area contributed by atoms with Crippen LogP contribution in [0.3, 0.4) is 0 Å². The molecule has 0 bridgehead atoms. The van der Waals surface area contributed by atoms with Crippen LogP contribution in [0.2, 0.25) is 0 Å². The van der Waals surface area contributed by atoms with Crippen LogP contribution in [0.4, 0.5) is 0 Å². The largest absolute Gasteiger partial charge is 0.309 e. The summed E-state index contributed by atoms with van der Waals surface area (Å²) in [6.45, 7) is 0. The van der Waals surface area contributed by atoms with Crippen LogP contribution < -0.4 is 10.6 Å². The van der Waals surface area contributed by atoms with Gasteiger partial charge in [0.2, 0.25) is 0 Å². The Hall–Kier alpha value is -2.37. The molecule has 0 aliphatic carbocycles. The molecule has 0 aromatic heterocycles. The molecule has 2 aliphatic rings. The molecule has 3 aromatic carbocycles. The Morgan fingerprint density at radius 2 is 1.55 bits per heavy atom. The molecule has 1 nitrogen and oxygen atoms in total. The summed E-state index contributed by atoms with van der Waals surface area (Å²) in [4.78, 5) is 0. The van der Waals surface area contributed by atoms with Gasteiger partial charge in [-0.05, 0) is 34.0 Å². The van der Waals surface area contributed by atoms with E-state index in [0.29, 0.717) is 0 Å². The van der Waals surface area contributed by atoms with Crippen molar-refractivity contribution in [1.29, 1.82) is 0 Å². The molecule has 0 radical (unpaired) electrons. The standard InChI is InChI=1S/C20H13OP/c21-22-16(11-9-15-6-2-4-8-19(15)22)13-18-17-7-3-1-5-14(17)10-12-20(18)22/h1-13H. The maximum Gasteiger partial charge on any atom is 0.172 e. The summed E-state index contributed by atoms with van der Waals surface area (Å²) in [5.74, 6) is 0. The fourth-order valence-corrected chi connectivity index (χ4v) is 6.63. The van der Waals surface area contributed by atoms with Crippen molar-refractivity contribution in [1.82, 2.24) is 0 Å². The van der Waals surface area contributed by atoms with Gasteiger partial charge < -0.3 is 4.57 Å². The van der Waals surface area contributed by atoms with E-state index < -0.39 is 7.14 Å². The van der Waals surface area contributed by atoms with E-state index in [4.69, 9.17) is 0 Å². The summed E-state index contributed by atoms with van der Waals surface area (Å²) in [5.41, 5.74) is 2.20. The third-order valence-electron chi connectivity index (χ3n) is 4.65. The lowest BCUT2D eigenvalue weighted by Crippen LogP contribution is -2.19. The lowest BCUT2D eigenvalue weighted by Gasteiger charge is -2.22. The van der Waals surface area contributed by atoms with Crippen molar-refractivity contribution in [2.24, 2.45) is 0 Å². The zero-order valence-corrected chi connectivity index (χ0v) is 12.8. The second-order valence-corrected chi connectivity index (χ2v) is 8.49. The minimum atomic E-state index is -2.68. The molecule has 0 spiro atoms. The Morgan fingerprint density at radius 3 is 2.50 bits per heavy atom. The highest BCUT2D eigenvalue weighted by atomic mass is 31.2. The molecule has 104 valence electrons. The van der Waals surface area contributed by atoms with Gasteiger partial charge in [0.25, 0.3) is 0 Å². The first-order valence-electron chi connectivity index (χ1n) is 7.41. The number of allylic oxidation sites excluding steroid dienone is 2. The molecular weight excluding hydrogens is 287 g/mol. The molecule has 0 saturated carbocycles. The molecule has 2 heterocycles. The molecule has 0 amide bonds. The lowest BCUT2D eigenvalue weighted by atomic mass is 10.0. The van der Waals surface area contributed by atoms with Gasteiger partial charge in [0.1, 0.15) is 0 Å². The van der Waals surface area contributed by atoms with Crippen molar-refractivity contribution in [3.8, 4) is 0 Å². The number of fused-ring (bicyclic) bond motifs is 7. The molecule has 0 N–H and O–H groups in total. The average molecular weight is 300 g/mol. The van der Waals surface area contributed by atoms with Crippen LogP contribution >= 0.6 is 7.14 Å². The Labute approximate surface area is 129 Å². The van der Waals surface area contributed by atoms with E-state index in [1.807, 2.05) is 42.5 Å². The molecule has 0 saturated heterocycles. The lowest BCUT2D eigenvalue weighted by molar-refractivity contribution is 0.591. The van der Waals surface area contributed by atoms with Gasteiger partial charge in [-0.3, -0.25) is 0 Å². The molecule has 1 atom stereocenters. The van der Waals surface area contributed by atoms with Crippen LogP contribution in [0.1, 0.15) is 11.1 Å². The third kappa shape index (κ3) is 1.37. The SMILES string of the molecule is O=P12C(=Cc3c1ccc1ccccc31)C=Cc1ccccc12. The predicted octanol–water partition coefficient (Wildman–Crippen LogP) is 4.54. The fraction of sp³-hybridized carbons (Fsp3) is 0. The normalized spacial score (nSPS) is 21.2. The first-order chi connectivity index (χ1) is 10.8. The summed E-state index contributed by atoms with van der Waals surface area (Å²) in [6.07, 6.45) is 6.22. The smallest absolute Gasteiger partial charge is 0.172 e. The molecule has 1 unspecified atom stereocenters. The Morgan fingerprint density at radius 1 is 0.727 bits per heavy atom. The van der Waals surface area contributed by atoms with Crippen molar-refractivity contribution in [2.75, 3.05) is 0 Å². The highest BCUT2D eigenvalue weighted by Crippen LogP contribution is 2.60. The zero-order valence-electron chi connectivity index (χ0n) is 11.9. The molecule has 5 rings (SSSR count). The van der Waals surface area contributed by atoms with Gasteiger partial charge in [0.05, 0.1) is 0 Å². The quantitative estimate of drug-likeness (QED) is 0.557. The highest BCUT2D eigenvalue weighted by molar-refractivity contribution is 7.83. The monoisotopic (exact) mass is 300 g/mol. The third-order valence-corrected chi connectivity index (χ3v) is 7.81. The number of hydrogen-bond acceptors (Lipinski definition) is 1. The van der Waals surface area contributed by atoms with E-state index in [9.17, 15) is 4.57 Å². The number of hydrogen-bond donors (Lipinski definition) is 0. The predicted molar refractivity (Wildman–Crippen MR) is 94.3 cm³/mol. The summed E-state index contributed by atoms with van der Waals surface area (Å²) >= 11 is 0. The first kappa shape index (κ1) is 12.2. The van der Waals surface area contributed by atoms with Crippen LogP contribution in [0, 0.1) is 0 Å². The minimum absolute atomic E-state index is 0.956. The fourth-order valence-electron chi connectivity index (χ4n) is 3.60. The Bertz CT molecular complexity index is 1060. The van der Waals surface area contributed by atoms with Crippen LogP contribution in [-0.2, 0) is 4.57 Å². The summed E-state index contributed by atoms with van der Waals surface area (Å²) in [7, 11) is -2.68. The van der Waals surface area contributed by atoms with Gasteiger partial charge >= 0.3 is 0 Å². The number of rotatable bonds is 0. The second kappa shape index (κ2) is 4.09. The zero-order chi connectivity index (χ0) is 14.7. The Kier molecular flexibility index (Phi) is 2.27. The first-order valence-corrected chi connectivity index (χ1v) is 9.11. The van der Waals surface area contributed by atoms with E-state index in [-0.39, 0.29) is 0 Å². The van der Waals surface area contributed by atoms with Crippen molar-refractivity contribution >= 4 is 40.7 Å². The van der Waals surface area contributed by atoms with Crippen LogP contribution in [0.25, 0.3) is 22.9 Å². The maximum atomic E-state index is 14.0. The van der Waals surface area contributed by atoms with Gasteiger partial charge in [-0.25, -0.2) is 0 Å². The number of benzene rings is 3. The van der Waals surface area contributed by atoms with Crippen LogP contribution in [-0.4, -0.2) is 0 Å². The summed E-state index contributed by atoms with van der Waals surface area (Å²) in [6, 6.07) is 20.5. The summed E-state index contributed by atoms with van der Waals surface area (Å²) in [5, 5.41) is 5.29. The van der Waals surface area contributed by atoms with Gasteiger partial charge in [0.15, 0.2) is 7.14 Å². The van der Waals surface area contributed by atoms with Gasteiger partial charge in [-0.2, -0.15) is 0 Å². The second-order valence-electron chi connectivity index (χ2n) is 5.79. The topological polar surface area (TPSA) is 17.1 Å². The highest BCUT2D eigenvalue weighted by Gasteiger charge is 2.40. The van der Waals surface area contributed by atoms with Crippen molar-refractivity contribution < 1.29 is 4.57 Å². The van der Waals surface area contributed by atoms with E-state index in [1.54, 1.807) is 0 Å². The summed E-state index contributed by atoms with van der Waals surface area (Å²) < 4.78 is 14.0. The molecule has 2 aliphatic heterocycles. The van der Waals surface area contributed by atoms with E-state index >= 15 is 0 Å². The van der Waals surface area contributed by atoms with Gasteiger partial charge in [-0.1, -0.05) is 66.7 Å². The van der Waals surface area contributed by atoms with E-state index in [1.165, 1.54) is 10.8 Å². The molecular formula is C20H13OP. The van der Waals surface area contributed by atoms with Crippen LogP contribution in [0.15, 0.2) is 72.1 Å². The molecule has 3 aromatic rings. The van der Waals surface area contributed by atoms with Crippen molar-refractivity contribution in [2.45, 2.75) is 0 Å². The van der Waals surface area contributed by atoms with E-state index in [2.05, 4.69) is 36.4 Å². The van der Waals surface area contributed by atoms with Crippen molar-refractivity contribution in [3.63, 3.8) is 0 Å².